The number of nitrogens with one attached hydrogen (secondary N) is 1. The number of amides is 1. The van der Waals surface area contributed by atoms with Crippen LogP contribution in [-0.2, 0) is 10.2 Å². The lowest BCUT2D eigenvalue weighted by atomic mass is 9.84. The van der Waals surface area contributed by atoms with E-state index in [4.69, 9.17) is 17.3 Å². The summed E-state index contributed by atoms with van der Waals surface area (Å²) < 4.78 is 13.2. The molecule has 0 radical (unpaired) electrons. The Balaban J connectivity index is 2.05. The predicted molar refractivity (Wildman–Crippen MR) is 90.8 cm³/mol. The molecule has 2 rings (SSSR count). The maximum absolute atomic E-state index is 13.2. The van der Waals surface area contributed by atoms with Gasteiger partial charge >= 0.3 is 0 Å². The third-order valence-electron chi connectivity index (χ3n) is 3.81. The number of hydrogen-bond donors (Lipinski definition) is 2. The van der Waals surface area contributed by atoms with Crippen LogP contribution in [0.1, 0.15) is 31.0 Å². The molecule has 1 atom stereocenters. The van der Waals surface area contributed by atoms with Gasteiger partial charge in [-0.05, 0) is 23.3 Å². The van der Waals surface area contributed by atoms with Gasteiger partial charge in [-0.3, -0.25) is 4.79 Å². The van der Waals surface area contributed by atoms with E-state index in [0.29, 0.717) is 11.6 Å². The molecular weight excluding hydrogens is 315 g/mol. The zero-order valence-corrected chi connectivity index (χ0v) is 13.9. The molecule has 3 N–H and O–H groups in total. The molecule has 0 aliphatic carbocycles. The van der Waals surface area contributed by atoms with Crippen molar-refractivity contribution < 1.29 is 9.18 Å². The quantitative estimate of drug-likeness (QED) is 0.878. The van der Waals surface area contributed by atoms with Crippen LogP contribution >= 0.6 is 11.6 Å². The third-order valence-corrected chi connectivity index (χ3v) is 4.12. The summed E-state index contributed by atoms with van der Waals surface area (Å²) in [6.07, 6.45) is 0. The smallest absolute Gasteiger partial charge is 0.241 e. The average Bonchev–Trinajstić information content (AvgIpc) is 2.52. The average molecular weight is 335 g/mol. The lowest BCUT2D eigenvalue weighted by molar-refractivity contribution is -0.122. The molecule has 2 aromatic rings. The minimum atomic E-state index is -0.726. The Bertz CT molecular complexity index is 689. The largest absolute Gasteiger partial charge is 0.354 e. The Morgan fingerprint density at radius 2 is 1.91 bits per heavy atom. The van der Waals surface area contributed by atoms with Gasteiger partial charge in [-0.15, -0.1) is 0 Å². The first-order chi connectivity index (χ1) is 10.8. The van der Waals surface area contributed by atoms with Crippen molar-refractivity contribution in [2.45, 2.75) is 25.3 Å². The first-order valence-corrected chi connectivity index (χ1v) is 7.73. The van der Waals surface area contributed by atoms with Gasteiger partial charge in [-0.25, -0.2) is 4.39 Å². The van der Waals surface area contributed by atoms with Crippen LogP contribution in [0, 0.1) is 5.82 Å². The molecule has 0 bridgehead atoms. The first-order valence-electron chi connectivity index (χ1n) is 7.35. The van der Waals surface area contributed by atoms with Gasteiger partial charge < -0.3 is 11.1 Å². The fourth-order valence-electron chi connectivity index (χ4n) is 2.36. The van der Waals surface area contributed by atoms with Crippen molar-refractivity contribution in [2.24, 2.45) is 5.73 Å². The molecule has 3 nitrogen and oxygen atoms in total. The van der Waals surface area contributed by atoms with Crippen LogP contribution in [-0.4, -0.2) is 12.5 Å². The van der Waals surface area contributed by atoms with Crippen molar-refractivity contribution in [3.05, 3.63) is 70.5 Å². The van der Waals surface area contributed by atoms with Crippen molar-refractivity contribution in [3.63, 3.8) is 0 Å². The molecule has 2 aromatic carbocycles. The van der Waals surface area contributed by atoms with Crippen molar-refractivity contribution in [1.82, 2.24) is 5.32 Å². The maximum atomic E-state index is 13.2. The Morgan fingerprint density at radius 1 is 1.26 bits per heavy atom. The third kappa shape index (κ3) is 4.30. The van der Waals surface area contributed by atoms with Gasteiger partial charge in [0.25, 0.3) is 0 Å². The number of halogens is 2. The summed E-state index contributed by atoms with van der Waals surface area (Å²) in [6.45, 7) is 4.21. The second-order valence-corrected chi connectivity index (χ2v) is 6.52. The second-order valence-electron chi connectivity index (χ2n) is 6.11. The van der Waals surface area contributed by atoms with E-state index in [1.165, 1.54) is 12.1 Å². The first kappa shape index (κ1) is 17.4. The van der Waals surface area contributed by atoms with Crippen molar-refractivity contribution in [3.8, 4) is 0 Å². The Labute approximate surface area is 140 Å². The lowest BCUT2D eigenvalue weighted by Crippen LogP contribution is -2.41. The Hall–Kier alpha value is -1.91. The number of benzene rings is 2. The van der Waals surface area contributed by atoms with Gasteiger partial charge in [0.2, 0.25) is 5.91 Å². The Morgan fingerprint density at radius 3 is 2.52 bits per heavy atom. The van der Waals surface area contributed by atoms with Crippen molar-refractivity contribution >= 4 is 17.5 Å². The summed E-state index contributed by atoms with van der Waals surface area (Å²) >= 11 is 6.11. The summed E-state index contributed by atoms with van der Waals surface area (Å²) in [6, 6.07) is 12.7. The van der Waals surface area contributed by atoms with E-state index in [9.17, 15) is 9.18 Å². The maximum Gasteiger partial charge on any atom is 0.241 e. The van der Waals surface area contributed by atoms with Crippen LogP contribution in [0.25, 0.3) is 0 Å². The van der Waals surface area contributed by atoms with Crippen molar-refractivity contribution in [2.75, 3.05) is 6.54 Å². The van der Waals surface area contributed by atoms with E-state index < -0.39 is 11.5 Å². The molecular formula is C18H20ClFN2O. The summed E-state index contributed by atoms with van der Waals surface area (Å²) in [7, 11) is 0. The number of hydrogen-bond acceptors (Lipinski definition) is 2. The minimum absolute atomic E-state index is 0.262. The number of rotatable bonds is 5. The molecule has 0 saturated carbocycles. The normalized spacial score (nSPS) is 12.7. The molecule has 0 aliphatic heterocycles. The van der Waals surface area contributed by atoms with Gasteiger partial charge in [0.15, 0.2) is 0 Å². The fraction of sp³-hybridized carbons (Fsp3) is 0.278. The molecule has 1 amide bonds. The van der Waals surface area contributed by atoms with Gasteiger partial charge in [0.1, 0.15) is 11.9 Å². The van der Waals surface area contributed by atoms with Gasteiger partial charge in [-0.2, -0.15) is 0 Å². The molecule has 23 heavy (non-hydrogen) atoms. The standard InChI is InChI=1S/C18H20ClFN2O/c1-18(2,14-9-8-13(20)10-15(14)19)11-22-17(23)16(21)12-6-4-3-5-7-12/h3-10,16H,11,21H2,1-2H3,(H,22,23). The molecule has 0 aliphatic rings. The van der Waals surface area contributed by atoms with E-state index in [1.54, 1.807) is 6.07 Å². The van der Waals surface area contributed by atoms with Crippen LogP contribution in [0.15, 0.2) is 48.5 Å². The van der Waals surface area contributed by atoms with E-state index in [0.717, 1.165) is 11.1 Å². The van der Waals surface area contributed by atoms with Crippen LogP contribution in [0.4, 0.5) is 4.39 Å². The highest BCUT2D eigenvalue weighted by Gasteiger charge is 2.25. The summed E-state index contributed by atoms with van der Waals surface area (Å²) in [4.78, 5) is 12.2. The molecule has 122 valence electrons. The highest BCUT2D eigenvalue weighted by atomic mass is 35.5. The summed E-state index contributed by atoms with van der Waals surface area (Å²) in [5.74, 6) is -0.646. The van der Waals surface area contributed by atoms with Crippen LogP contribution in [0.3, 0.4) is 0 Å². The van der Waals surface area contributed by atoms with E-state index in [2.05, 4.69) is 5.32 Å². The predicted octanol–water partition coefficient (Wildman–Crippen LogP) is 3.57. The van der Waals surface area contributed by atoms with E-state index >= 15 is 0 Å². The monoisotopic (exact) mass is 334 g/mol. The van der Waals surface area contributed by atoms with Gasteiger partial charge in [0, 0.05) is 17.0 Å². The molecule has 1 unspecified atom stereocenters. The van der Waals surface area contributed by atoms with Crippen LogP contribution in [0.5, 0.6) is 0 Å². The fourth-order valence-corrected chi connectivity index (χ4v) is 2.79. The Kier molecular flexibility index (Phi) is 5.39. The minimum Gasteiger partial charge on any atom is -0.354 e. The SMILES string of the molecule is CC(C)(CNC(=O)C(N)c1ccccc1)c1ccc(F)cc1Cl. The van der Waals surface area contributed by atoms with Gasteiger partial charge in [0.05, 0.1) is 0 Å². The molecule has 0 aromatic heterocycles. The van der Waals surface area contributed by atoms with E-state index in [-0.39, 0.29) is 11.7 Å². The van der Waals surface area contributed by atoms with E-state index in [1.807, 2.05) is 44.2 Å². The zero-order valence-electron chi connectivity index (χ0n) is 13.1. The highest BCUT2D eigenvalue weighted by Crippen LogP contribution is 2.30. The topological polar surface area (TPSA) is 55.1 Å². The zero-order chi connectivity index (χ0) is 17.0. The molecule has 5 heteroatoms. The molecule has 0 fully saturated rings. The van der Waals surface area contributed by atoms with Gasteiger partial charge in [-0.1, -0.05) is 61.8 Å². The van der Waals surface area contributed by atoms with Crippen LogP contribution < -0.4 is 11.1 Å². The highest BCUT2D eigenvalue weighted by molar-refractivity contribution is 6.31. The summed E-state index contributed by atoms with van der Waals surface area (Å²) in [5.41, 5.74) is 7.05. The van der Waals surface area contributed by atoms with Crippen molar-refractivity contribution in [1.29, 1.82) is 0 Å². The number of nitrogens with two attached hydrogens (primary N) is 1. The van der Waals surface area contributed by atoms with Crippen LogP contribution in [0.2, 0.25) is 5.02 Å². The molecule has 0 spiro atoms. The molecule has 0 saturated heterocycles. The summed E-state index contributed by atoms with van der Waals surface area (Å²) in [5, 5.41) is 3.19. The second kappa shape index (κ2) is 7.11. The molecule has 0 heterocycles. The number of carbonyl (C=O) groups is 1. The lowest BCUT2D eigenvalue weighted by Gasteiger charge is -2.27. The number of carbonyl (C=O) groups excluding carboxylic acids is 1.